The summed E-state index contributed by atoms with van der Waals surface area (Å²) in [5.74, 6) is 0. The Labute approximate surface area is 135 Å². The van der Waals surface area contributed by atoms with E-state index >= 15 is 0 Å². The van der Waals surface area contributed by atoms with Crippen LogP contribution in [0.25, 0.3) is 0 Å². The first-order chi connectivity index (χ1) is 10.1. The molecular formula is C13H12Cl2F3N3O. The van der Waals surface area contributed by atoms with Crippen molar-refractivity contribution >= 4 is 40.9 Å². The number of nitrogen functional groups attached to an aromatic ring is 1. The molecule has 2 N–H and O–H groups in total. The quantitative estimate of drug-likeness (QED) is 0.386. The van der Waals surface area contributed by atoms with Gasteiger partial charge in [0, 0.05) is 12.6 Å². The summed E-state index contributed by atoms with van der Waals surface area (Å²) in [4.78, 5) is 11.2. The molecule has 0 bridgehead atoms. The van der Waals surface area contributed by atoms with Crippen LogP contribution in [-0.2, 0) is 4.79 Å². The van der Waals surface area contributed by atoms with Gasteiger partial charge in [-0.15, -0.1) is 0 Å². The highest BCUT2D eigenvalue weighted by molar-refractivity contribution is 6.44. The Morgan fingerprint density at radius 2 is 1.91 bits per heavy atom. The van der Waals surface area contributed by atoms with Crippen molar-refractivity contribution < 1.29 is 18.0 Å². The summed E-state index contributed by atoms with van der Waals surface area (Å²) in [7, 11) is 1.07. The normalized spacial score (nSPS) is 13.2. The first-order valence-electron chi connectivity index (χ1n) is 5.87. The smallest absolute Gasteiger partial charge is 0.398 e. The Balaban J connectivity index is 3.32. The number of benzene rings is 1. The lowest BCUT2D eigenvalue weighted by Gasteiger charge is -2.20. The Bertz CT molecular complexity index is 642. The fraction of sp³-hybridized carbons (Fsp3) is 0.231. The van der Waals surface area contributed by atoms with E-state index in [-0.39, 0.29) is 33.3 Å². The molecule has 0 aliphatic heterocycles. The zero-order valence-corrected chi connectivity index (χ0v) is 13.1. The van der Waals surface area contributed by atoms with Crippen LogP contribution in [0.1, 0.15) is 12.5 Å². The van der Waals surface area contributed by atoms with Crippen LogP contribution in [0.15, 0.2) is 29.0 Å². The van der Waals surface area contributed by atoms with Crippen molar-refractivity contribution in [1.29, 1.82) is 0 Å². The molecule has 120 valence electrons. The molecule has 4 nitrogen and oxygen atoms in total. The number of hydrazone groups is 1. The highest BCUT2D eigenvalue weighted by atomic mass is 35.5. The van der Waals surface area contributed by atoms with Gasteiger partial charge < -0.3 is 5.73 Å². The predicted molar refractivity (Wildman–Crippen MR) is 81.1 cm³/mol. The van der Waals surface area contributed by atoms with Gasteiger partial charge in [0.25, 0.3) is 0 Å². The highest BCUT2D eigenvalue weighted by Crippen LogP contribution is 2.30. The molecule has 0 amide bonds. The lowest BCUT2D eigenvalue weighted by molar-refractivity contribution is -0.110. The van der Waals surface area contributed by atoms with E-state index in [0.717, 1.165) is 13.1 Å². The number of rotatable bonds is 4. The second-order valence-electron chi connectivity index (χ2n) is 4.15. The van der Waals surface area contributed by atoms with Crippen molar-refractivity contribution in [3.63, 3.8) is 0 Å². The Morgan fingerprint density at radius 3 is 2.36 bits per heavy atom. The lowest BCUT2D eigenvalue weighted by Crippen LogP contribution is -2.26. The third-order valence-corrected chi connectivity index (χ3v) is 3.28. The van der Waals surface area contributed by atoms with E-state index in [1.54, 1.807) is 0 Å². The highest BCUT2D eigenvalue weighted by Gasteiger charge is 2.36. The zero-order valence-electron chi connectivity index (χ0n) is 11.6. The second kappa shape index (κ2) is 7.02. The van der Waals surface area contributed by atoms with Gasteiger partial charge in [0.15, 0.2) is 6.29 Å². The number of nitrogens with two attached hydrogens (primary N) is 1. The largest absolute Gasteiger partial charge is 0.432 e. The van der Waals surface area contributed by atoms with Gasteiger partial charge in [-0.05, 0) is 19.1 Å². The number of nitrogens with zero attached hydrogens (tertiary/aromatic N) is 2. The average molecular weight is 354 g/mol. The number of allylic oxidation sites excluding steroid dienone is 2. The molecule has 0 spiro atoms. The summed E-state index contributed by atoms with van der Waals surface area (Å²) >= 11 is 11.7. The number of hydrogen-bond acceptors (Lipinski definition) is 4. The monoisotopic (exact) mass is 353 g/mol. The number of hydrogen-bond donors (Lipinski definition) is 1. The molecule has 0 saturated carbocycles. The predicted octanol–water partition coefficient (Wildman–Crippen LogP) is 3.88. The molecule has 1 aromatic carbocycles. The molecule has 0 radical (unpaired) electrons. The molecule has 0 saturated heterocycles. The molecule has 0 heterocycles. The van der Waals surface area contributed by atoms with E-state index in [4.69, 9.17) is 28.9 Å². The third kappa shape index (κ3) is 4.14. The molecular weight excluding hydrogens is 342 g/mol. The van der Waals surface area contributed by atoms with Crippen molar-refractivity contribution in [2.75, 3.05) is 12.8 Å². The summed E-state index contributed by atoms with van der Waals surface area (Å²) < 4.78 is 38.4. The van der Waals surface area contributed by atoms with E-state index in [1.165, 1.54) is 19.1 Å². The van der Waals surface area contributed by atoms with Gasteiger partial charge in [-0.3, -0.25) is 9.80 Å². The molecule has 1 rings (SSSR count). The number of carbonyl (C=O) groups excluding carboxylic acids is 1. The Morgan fingerprint density at radius 1 is 1.32 bits per heavy atom. The summed E-state index contributed by atoms with van der Waals surface area (Å²) in [6, 6.07) is 2.56. The lowest BCUT2D eigenvalue weighted by atomic mass is 10.1. The number of aldehydes is 1. The van der Waals surface area contributed by atoms with Crippen molar-refractivity contribution in [3.05, 3.63) is 39.5 Å². The Hall–Kier alpha value is -1.73. The maximum absolute atomic E-state index is 12.8. The van der Waals surface area contributed by atoms with Crippen molar-refractivity contribution in [3.8, 4) is 0 Å². The van der Waals surface area contributed by atoms with E-state index in [0.29, 0.717) is 5.01 Å². The van der Waals surface area contributed by atoms with E-state index < -0.39 is 11.9 Å². The van der Waals surface area contributed by atoms with Crippen LogP contribution in [0.5, 0.6) is 0 Å². The maximum atomic E-state index is 12.8. The Kier molecular flexibility index (Phi) is 5.85. The van der Waals surface area contributed by atoms with E-state index in [2.05, 4.69) is 5.10 Å². The van der Waals surface area contributed by atoms with Crippen molar-refractivity contribution in [2.24, 2.45) is 5.10 Å². The van der Waals surface area contributed by atoms with Crippen LogP contribution in [-0.4, -0.2) is 30.2 Å². The first-order valence-corrected chi connectivity index (χ1v) is 6.63. The fourth-order valence-corrected chi connectivity index (χ4v) is 2.13. The molecule has 22 heavy (non-hydrogen) atoms. The van der Waals surface area contributed by atoms with Gasteiger partial charge in [0.2, 0.25) is 0 Å². The number of carbonyl (C=O) groups is 1. The molecule has 0 fully saturated rings. The minimum Gasteiger partial charge on any atom is -0.398 e. The van der Waals surface area contributed by atoms with Crippen LogP contribution in [0.4, 0.5) is 18.9 Å². The average Bonchev–Trinajstić information content (AvgIpc) is 2.39. The first kappa shape index (κ1) is 18.3. The van der Waals surface area contributed by atoms with Gasteiger partial charge in [-0.25, -0.2) is 0 Å². The van der Waals surface area contributed by atoms with Crippen LogP contribution in [0, 0.1) is 0 Å². The summed E-state index contributed by atoms with van der Waals surface area (Å²) in [6.45, 7) is 1.21. The van der Waals surface area contributed by atoms with Crippen LogP contribution >= 0.6 is 23.2 Å². The number of halogens is 5. The van der Waals surface area contributed by atoms with Crippen LogP contribution < -0.4 is 5.73 Å². The molecule has 0 aliphatic rings. The van der Waals surface area contributed by atoms with Crippen molar-refractivity contribution in [1.82, 2.24) is 5.01 Å². The molecule has 0 aromatic heterocycles. The van der Waals surface area contributed by atoms with Gasteiger partial charge in [-0.1, -0.05) is 29.3 Å². The summed E-state index contributed by atoms with van der Waals surface area (Å²) in [5, 5.41) is 4.40. The summed E-state index contributed by atoms with van der Waals surface area (Å²) in [6.07, 6.45) is -3.48. The third-order valence-electron chi connectivity index (χ3n) is 2.64. The van der Waals surface area contributed by atoms with Gasteiger partial charge in [0.1, 0.15) is 11.4 Å². The maximum Gasteiger partial charge on any atom is 0.432 e. The number of anilines is 1. The van der Waals surface area contributed by atoms with Gasteiger partial charge >= 0.3 is 6.18 Å². The van der Waals surface area contributed by atoms with Crippen molar-refractivity contribution in [2.45, 2.75) is 13.1 Å². The van der Waals surface area contributed by atoms with Gasteiger partial charge in [0.05, 0.1) is 15.7 Å². The molecule has 0 atom stereocenters. The van der Waals surface area contributed by atoms with E-state index in [9.17, 15) is 18.0 Å². The minimum atomic E-state index is -4.61. The molecule has 9 heteroatoms. The number of alkyl halides is 3. The summed E-state index contributed by atoms with van der Waals surface area (Å²) in [5.41, 5.74) is 4.48. The van der Waals surface area contributed by atoms with Crippen LogP contribution in [0.3, 0.4) is 0 Å². The molecule has 0 aliphatic carbocycles. The minimum absolute atomic E-state index is 0.0486. The molecule has 0 unspecified atom stereocenters. The van der Waals surface area contributed by atoms with Gasteiger partial charge in [-0.2, -0.15) is 18.3 Å². The second-order valence-corrected chi connectivity index (χ2v) is 4.97. The van der Waals surface area contributed by atoms with Crippen LogP contribution in [0.2, 0.25) is 10.0 Å². The SMILES string of the molecule is C/C=C(\N(C)/N=C(\C=O)c1cc(N)c(Cl)cc1Cl)C(F)(F)F. The zero-order chi connectivity index (χ0) is 17.1. The van der Waals surface area contributed by atoms with E-state index in [1.807, 2.05) is 0 Å². The fourth-order valence-electron chi connectivity index (χ4n) is 1.65. The molecule has 1 aromatic rings. The topological polar surface area (TPSA) is 58.7 Å². The standard InChI is InChI=1S/C13H12Cl2F3N3O/c1-3-12(13(16,17)18)21(2)20-11(6-22)7-4-10(19)9(15)5-8(7)14/h3-6H,19H2,1-2H3/b12-3-,20-11+.